The van der Waals surface area contributed by atoms with E-state index in [1.165, 1.54) is 12.8 Å². The second-order valence-electron chi connectivity index (χ2n) is 4.25. The fraction of sp³-hybridized carbons (Fsp3) is 1.00. The third kappa shape index (κ3) is 6.05. The van der Waals surface area contributed by atoms with Crippen LogP contribution in [-0.2, 0) is 0 Å². The first kappa shape index (κ1) is 12.9. The molecule has 0 saturated carbocycles. The molecule has 0 amide bonds. The van der Waals surface area contributed by atoms with Crippen LogP contribution in [0.4, 0.5) is 0 Å². The smallest absolute Gasteiger partial charge is 0.0188 e. The van der Waals surface area contributed by atoms with E-state index in [0.717, 1.165) is 19.0 Å². The zero-order chi connectivity index (χ0) is 10.3. The minimum absolute atomic E-state index is 0.300. The molecule has 0 rings (SSSR count). The predicted octanol–water partition coefficient (Wildman–Crippen LogP) is 2.00. The summed E-state index contributed by atoms with van der Waals surface area (Å²) in [6.07, 6.45) is 2.53. The lowest BCUT2D eigenvalue weighted by molar-refractivity contribution is 0.407. The summed E-state index contributed by atoms with van der Waals surface area (Å²) in [7, 11) is 0. The third-order valence-corrected chi connectivity index (χ3v) is 2.82. The summed E-state index contributed by atoms with van der Waals surface area (Å²) in [5.74, 6) is 1.40. The van der Waals surface area contributed by atoms with Gasteiger partial charge in [0, 0.05) is 12.6 Å². The summed E-state index contributed by atoms with van der Waals surface area (Å²) in [5.41, 5.74) is 5.92. The zero-order valence-corrected chi connectivity index (χ0v) is 9.64. The Morgan fingerprint density at radius 1 is 1.08 bits per heavy atom. The molecule has 80 valence electrons. The minimum Gasteiger partial charge on any atom is -0.326 e. The van der Waals surface area contributed by atoms with E-state index in [0.29, 0.717) is 12.0 Å². The fourth-order valence-corrected chi connectivity index (χ4v) is 1.27. The molecule has 13 heavy (non-hydrogen) atoms. The highest BCUT2D eigenvalue weighted by Gasteiger charge is 2.08. The van der Waals surface area contributed by atoms with Crippen LogP contribution in [0.1, 0.15) is 40.5 Å². The van der Waals surface area contributed by atoms with E-state index in [1.54, 1.807) is 0 Å². The number of hydrogen-bond acceptors (Lipinski definition) is 2. The van der Waals surface area contributed by atoms with Crippen molar-refractivity contribution in [3.05, 3.63) is 0 Å². The average Bonchev–Trinajstić information content (AvgIpc) is 2.12. The molecule has 0 aliphatic heterocycles. The van der Waals surface area contributed by atoms with E-state index in [1.807, 2.05) is 0 Å². The number of nitrogens with one attached hydrogen (secondary N) is 1. The van der Waals surface area contributed by atoms with Gasteiger partial charge in [-0.25, -0.2) is 0 Å². The van der Waals surface area contributed by atoms with Crippen LogP contribution in [0.2, 0.25) is 0 Å². The molecule has 0 fully saturated rings. The van der Waals surface area contributed by atoms with Gasteiger partial charge in [-0.15, -0.1) is 0 Å². The standard InChI is InChI=1S/C11H26N2/c1-5-10(6-2)7-13-8-11(12)9(3)4/h9-11,13H,5-8,12H2,1-4H3. The molecule has 3 N–H and O–H groups in total. The summed E-state index contributed by atoms with van der Waals surface area (Å²) < 4.78 is 0. The normalized spacial score (nSPS) is 14.1. The van der Waals surface area contributed by atoms with Crippen molar-refractivity contribution in [1.82, 2.24) is 5.32 Å². The maximum Gasteiger partial charge on any atom is 0.0188 e. The average molecular weight is 186 g/mol. The highest BCUT2D eigenvalue weighted by molar-refractivity contribution is 4.69. The van der Waals surface area contributed by atoms with Gasteiger partial charge in [-0.1, -0.05) is 40.5 Å². The highest BCUT2D eigenvalue weighted by atomic mass is 14.9. The van der Waals surface area contributed by atoms with Crippen molar-refractivity contribution in [2.75, 3.05) is 13.1 Å². The second kappa shape index (κ2) is 7.34. The summed E-state index contributed by atoms with van der Waals surface area (Å²) >= 11 is 0. The molecular weight excluding hydrogens is 160 g/mol. The van der Waals surface area contributed by atoms with Crippen molar-refractivity contribution < 1.29 is 0 Å². The summed E-state index contributed by atoms with van der Waals surface area (Å²) in [4.78, 5) is 0. The first-order valence-corrected chi connectivity index (χ1v) is 5.58. The van der Waals surface area contributed by atoms with E-state index >= 15 is 0 Å². The molecule has 0 aliphatic carbocycles. The van der Waals surface area contributed by atoms with Gasteiger partial charge in [-0.3, -0.25) is 0 Å². The SMILES string of the molecule is CCC(CC)CNCC(N)C(C)C. The lowest BCUT2D eigenvalue weighted by Gasteiger charge is -2.18. The zero-order valence-electron chi connectivity index (χ0n) is 9.64. The Hall–Kier alpha value is -0.0800. The van der Waals surface area contributed by atoms with Crippen LogP contribution in [-0.4, -0.2) is 19.1 Å². The van der Waals surface area contributed by atoms with Gasteiger partial charge in [-0.05, 0) is 18.4 Å². The Balaban J connectivity index is 3.43. The van der Waals surface area contributed by atoms with Crippen LogP contribution in [0.5, 0.6) is 0 Å². The molecule has 0 spiro atoms. The van der Waals surface area contributed by atoms with Crippen molar-refractivity contribution in [2.45, 2.75) is 46.6 Å². The van der Waals surface area contributed by atoms with Crippen LogP contribution >= 0.6 is 0 Å². The molecule has 2 heteroatoms. The van der Waals surface area contributed by atoms with Gasteiger partial charge in [0.25, 0.3) is 0 Å². The van der Waals surface area contributed by atoms with Crippen molar-refractivity contribution in [1.29, 1.82) is 0 Å². The van der Waals surface area contributed by atoms with Gasteiger partial charge < -0.3 is 11.1 Å². The van der Waals surface area contributed by atoms with Crippen LogP contribution in [0.25, 0.3) is 0 Å². The quantitative estimate of drug-likeness (QED) is 0.638. The molecule has 0 bridgehead atoms. The molecule has 0 aromatic carbocycles. The van der Waals surface area contributed by atoms with Crippen LogP contribution in [0, 0.1) is 11.8 Å². The molecule has 0 aromatic rings. The van der Waals surface area contributed by atoms with Crippen molar-refractivity contribution in [3.8, 4) is 0 Å². The molecule has 2 nitrogen and oxygen atoms in total. The van der Waals surface area contributed by atoms with E-state index in [9.17, 15) is 0 Å². The van der Waals surface area contributed by atoms with Crippen molar-refractivity contribution in [2.24, 2.45) is 17.6 Å². The van der Waals surface area contributed by atoms with Crippen LogP contribution in [0.3, 0.4) is 0 Å². The number of hydrogen-bond donors (Lipinski definition) is 2. The van der Waals surface area contributed by atoms with E-state index in [2.05, 4.69) is 33.0 Å². The fourth-order valence-electron chi connectivity index (χ4n) is 1.27. The van der Waals surface area contributed by atoms with Crippen molar-refractivity contribution in [3.63, 3.8) is 0 Å². The minimum atomic E-state index is 0.300. The van der Waals surface area contributed by atoms with Gasteiger partial charge in [0.05, 0.1) is 0 Å². The van der Waals surface area contributed by atoms with Gasteiger partial charge in [0.15, 0.2) is 0 Å². The molecule has 1 unspecified atom stereocenters. The second-order valence-corrected chi connectivity index (χ2v) is 4.25. The summed E-state index contributed by atoms with van der Waals surface area (Å²) in [6, 6.07) is 0.300. The van der Waals surface area contributed by atoms with Crippen LogP contribution in [0.15, 0.2) is 0 Å². The molecule has 0 heterocycles. The Kier molecular flexibility index (Phi) is 7.29. The van der Waals surface area contributed by atoms with Gasteiger partial charge >= 0.3 is 0 Å². The lowest BCUT2D eigenvalue weighted by atomic mass is 10.0. The first-order chi connectivity index (χ1) is 6.11. The Labute approximate surface area is 83.3 Å². The predicted molar refractivity (Wildman–Crippen MR) is 59.8 cm³/mol. The van der Waals surface area contributed by atoms with Crippen molar-refractivity contribution >= 4 is 0 Å². The number of rotatable bonds is 7. The molecular formula is C11H26N2. The Morgan fingerprint density at radius 3 is 2.00 bits per heavy atom. The number of nitrogens with two attached hydrogens (primary N) is 1. The highest BCUT2D eigenvalue weighted by Crippen LogP contribution is 2.05. The van der Waals surface area contributed by atoms with Gasteiger partial charge in [0.1, 0.15) is 0 Å². The molecule has 0 aromatic heterocycles. The molecule has 0 aliphatic rings. The summed E-state index contributed by atoms with van der Waals surface area (Å²) in [5, 5.41) is 3.44. The van der Waals surface area contributed by atoms with Gasteiger partial charge in [0.2, 0.25) is 0 Å². The third-order valence-electron chi connectivity index (χ3n) is 2.82. The molecule has 0 saturated heterocycles. The lowest BCUT2D eigenvalue weighted by Crippen LogP contribution is -2.39. The van der Waals surface area contributed by atoms with Crippen LogP contribution < -0.4 is 11.1 Å². The maximum absolute atomic E-state index is 5.92. The Morgan fingerprint density at radius 2 is 1.62 bits per heavy atom. The van der Waals surface area contributed by atoms with E-state index < -0.39 is 0 Å². The monoisotopic (exact) mass is 186 g/mol. The molecule has 1 atom stereocenters. The Bertz CT molecular complexity index is 107. The van der Waals surface area contributed by atoms with E-state index in [-0.39, 0.29) is 0 Å². The maximum atomic E-state index is 5.92. The van der Waals surface area contributed by atoms with Gasteiger partial charge in [-0.2, -0.15) is 0 Å². The first-order valence-electron chi connectivity index (χ1n) is 5.58. The topological polar surface area (TPSA) is 38.0 Å². The van der Waals surface area contributed by atoms with E-state index in [4.69, 9.17) is 5.73 Å². The molecule has 0 radical (unpaired) electrons. The largest absolute Gasteiger partial charge is 0.326 e. The summed E-state index contributed by atoms with van der Waals surface area (Å²) in [6.45, 7) is 10.9.